The maximum Gasteiger partial charge on any atom is 0.417 e. The third kappa shape index (κ3) is 8.95. The van der Waals surface area contributed by atoms with Gasteiger partial charge in [-0.3, -0.25) is 0 Å². The summed E-state index contributed by atoms with van der Waals surface area (Å²) in [4.78, 5) is 15.2. The SMILES string of the molecule is CC(C)(C)c1ccc2c(c1)c1cc(C(C)(C)C)ccc1n2-c1ccc(-c2nc(-c3ccccc3)nc(-c3ccccc3)n2)cc1-c1c(-n2c3ccc(C(C)(C)C)cc3c3cc(C(C)(C)C)ccc32)cccc1C(F)(F)F. The number of hydrogen-bond acceptors (Lipinski definition) is 3. The number of alkyl halides is 3. The predicted octanol–water partition coefficient (Wildman–Crippen LogP) is 18.9. The molecular weight excluding hydrogens is 944 g/mol. The van der Waals surface area contributed by atoms with Crippen LogP contribution in [0.1, 0.15) is 111 Å². The number of halogens is 3. The van der Waals surface area contributed by atoms with E-state index in [1.807, 2.05) is 89.5 Å². The number of hydrogen-bond donors (Lipinski definition) is 0. The third-order valence-electron chi connectivity index (χ3n) is 15.0. The molecule has 8 heteroatoms. The molecule has 0 atom stereocenters. The Morgan fingerprint density at radius 1 is 0.329 bits per heavy atom. The molecule has 11 aromatic rings. The minimum Gasteiger partial charge on any atom is -0.309 e. The molecule has 0 fully saturated rings. The zero-order chi connectivity index (χ0) is 53.9. The zero-order valence-electron chi connectivity index (χ0n) is 45.5. The van der Waals surface area contributed by atoms with Gasteiger partial charge in [0.05, 0.1) is 39.0 Å². The van der Waals surface area contributed by atoms with E-state index in [0.717, 1.165) is 77.0 Å². The molecule has 0 saturated carbocycles. The van der Waals surface area contributed by atoms with Crippen LogP contribution < -0.4 is 0 Å². The normalized spacial score (nSPS) is 12.9. The van der Waals surface area contributed by atoms with Crippen LogP contribution in [0.3, 0.4) is 0 Å². The highest BCUT2D eigenvalue weighted by atomic mass is 19.4. The zero-order valence-corrected chi connectivity index (χ0v) is 45.5. The van der Waals surface area contributed by atoms with Crippen LogP contribution in [-0.2, 0) is 27.8 Å². The first-order valence-electron chi connectivity index (χ1n) is 26.3. The van der Waals surface area contributed by atoms with Crippen molar-refractivity contribution in [3.8, 4) is 56.7 Å². The van der Waals surface area contributed by atoms with Gasteiger partial charge in [-0.05, 0) is 123 Å². The van der Waals surface area contributed by atoms with Crippen LogP contribution in [0.15, 0.2) is 170 Å². The summed E-state index contributed by atoms with van der Waals surface area (Å²) in [6.07, 6.45) is -4.77. The van der Waals surface area contributed by atoms with Crippen LogP contribution in [0.4, 0.5) is 13.2 Å². The van der Waals surface area contributed by atoms with Crippen LogP contribution in [0.5, 0.6) is 0 Å². The van der Waals surface area contributed by atoms with Gasteiger partial charge in [-0.15, -0.1) is 0 Å². The minimum atomic E-state index is -4.77. The molecule has 8 aromatic carbocycles. The Morgan fingerprint density at radius 3 is 1.04 bits per heavy atom. The molecule has 0 saturated heterocycles. The first-order valence-corrected chi connectivity index (χ1v) is 26.3. The molecule has 76 heavy (non-hydrogen) atoms. The molecule has 0 aliphatic rings. The van der Waals surface area contributed by atoms with Crippen LogP contribution >= 0.6 is 0 Å². The Bertz CT molecular complexity index is 3860. The van der Waals surface area contributed by atoms with E-state index in [2.05, 4.69) is 160 Å². The minimum absolute atomic E-state index is 0.0405. The van der Waals surface area contributed by atoms with Gasteiger partial charge in [-0.25, -0.2) is 15.0 Å². The van der Waals surface area contributed by atoms with Crippen molar-refractivity contribution in [3.63, 3.8) is 0 Å². The summed E-state index contributed by atoms with van der Waals surface area (Å²) >= 11 is 0. The average Bonchev–Trinajstić information content (AvgIpc) is 3.95. The highest BCUT2D eigenvalue weighted by molar-refractivity contribution is 6.12. The lowest BCUT2D eigenvalue weighted by Crippen LogP contribution is -2.12. The van der Waals surface area contributed by atoms with Gasteiger partial charge in [-0.1, -0.05) is 174 Å². The number of rotatable bonds is 6. The average molecular weight is 1010 g/mol. The molecule has 3 heterocycles. The van der Waals surface area contributed by atoms with Crippen LogP contribution in [0.25, 0.3) is 100 Å². The smallest absolute Gasteiger partial charge is 0.309 e. The molecule has 11 rings (SSSR count). The molecule has 0 aliphatic heterocycles. The highest BCUT2D eigenvalue weighted by Crippen LogP contribution is 2.48. The summed E-state index contributed by atoms with van der Waals surface area (Å²) in [6, 6.07) is 55.8. The van der Waals surface area contributed by atoms with Crippen molar-refractivity contribution in [1.82, 2.24) is 24.1 Å². The summed E-state index contributed by atoms with van der Waals surface area (Å²) in [5.41, 5.74) is 10.0. The number of nitrogens with zero attached hydrogens (tertiary/aromatic N) is 5. The van der Waals surface area contributed by atoms with E-state index in [1.165, 1.54) is 6.07 Å². The fraction of sp³-hybridized carbons (Fsp3) is 0.250. The van der Waals surface area contributed by atoms with Gasteiger partial charge in [-0.2, -0.15) is 13.2 Å². The molecule has 0 amide bonds. The maximum atomic E-state index is 16.5. The quantitative estimate of drug-likeness (QED) is 0.167. The summed E-state index contributed by atoms with van der Waals surface area (Å²) in [5, 5.41) is 4.00. The van der Waals surface area contributed by atoms with Crippen LogP contribution in [0, 0.1) is 0 Å². The second-order valence-corrected chi connectivity index (χ2v) is 24.6. The Kier molecular flexibility index (Phi) is 11.9. The van der Waals surface area contributed by atoms with Gasteiger partial charge in [0.15, 0.2) is 17.5 Å². The summed E-state index contributed by atoms with van der Waals surface area (Å²) in [6.45, 7) is 26.4. The Balaban J connectivity index is 1.30. The van der Waals surface area contributed by atoms with E-state index >= 15 is 13.2 Å². The number of fused-ring (bicyclic) bond motifs is 6. The lowest BCUT2D eigenvalue weighted by molar-refractivity contribution is -0.137. The van der Waals surface area contributed by atoms with Crippen molar-refractivity contribution in [2.75, 3.05) is 0 Å². The maximum absolute atomic E-state index is 16.5. The van der Waals surface area contributed by atoms with E-state index < -0.39 is 11.7 Å². The highest BCUT2D eigenvalue weighted by Gasteiger charge is 2.37. The van der Waals surface area contributed by atoms with Gasteiger partial charge >= 0.3 is 6.18 Å². The van der Waals surface area contributed by atoms with Crippen LogP contribution in [0.2, 0.25) is 0 Å². The third-order valence-corrected chi connectivity index (χ3v) is 15.0. The molecule has 0 bridgehead atoms. The molecule has 5 nitrogen and oxygen atoms in total. The number of benzene rings is 8. The molecule has 0 radical (unpaired) electrons. The van der Waals surface area contributed by atoms with Gasteiger partial charge in [0.1, 0.15) is 0 Å². The monoisotopic (exact) mass is 1010 g/mol. The van der Waals surface area contributed by atoms with E-state index in [4.69, 9.17) is 15.0 Å². The molecule has 0 spiro atoms. The summed E-state index contributed by atoms with van der Waals surface area (Å²) in [7, 11) is 0. The fourth-order valence-electron chi connectivity index (χ4n) is 10.7. The lowest BCUT2D eigenvalue weighted by atomic mass is 9.85. The molecule has 0 unspecified atom stereocenters. The topological polar surface area (TPSA) is 48.5 Å². The van der Waals surface area contributed by atoms with Crippen molar-refractivity contribution in [2.24, 2.45) is 0 Å². The van der Waals surface area contributed by atoms with Crippen LogP contribution in [-0.4, -0.2) is 24.1 Å². The summed E-state index contributed by atoms with van der Waals surface area (Å²) in [5.74, 6) is 1.24. The first kappa shape index (κ1) is 50.3. The molecule has 0 aliphatic carbocycles. The summed E-state index contributed by atoms with van der Waals surface area (Å²) < 4.78 is 53.7. The van der Waals surface area contributed by atoms with E-state index in [9.17, 15) is 0 Å². The van der Waals surface area contributed by atoms with Crippen molar-refractivity contribution in [3.05, 3.63) is 198 Å². The van der Waals surface area contributed by atoms with Gasteiger partial charge < -0.3 is 9.13 Å². The molecule has 3 aromatic heterocycles. The van der Waals surface area contributed by atoms with E-state index in [1.54, 1.807) is 6.07 Å². The molecule has 382 valence electrons. The largest absolute Gasteiger partial charge is 0.417 e. The lowest BCUT2D eigenvalue weighted by Gasteiger charge is -2.24. The molecular formula is C68H64F3N5. The second-order valence-electron chi connectivity index (χ2n) is 24.6. The fourth-order valence-corrected chi connectivity index (χ4v) is 10.7. The van der Waals surface area contributed by atoms with Gasteiger partial charge in [0, 0.05) is 49.4 Å². The first-order chi connectivity index (χ1) is 35.8. The Labute approximate surface area is 444 Å². The predicted molar refractivity (Wildman–Crippen MR) is 310 cm³/mol. The van der Waals surface area contributed by atoms with Crippen molar-refractivity contribution in [2.45, 2.75) is 111 Å². The van der Waals surface area contributed by atoms with Crippen molar-refractivity contribution < 1.29 is 13.2 Å². The van der Waals surface area contributed by atoms with Gasteiger partial charge in [0.2, 0.25) is 0 Å². The Morgan fingerprint density at radius 2 is 0.684 bits per heavy atom. The second kappa shape index (κ2) is 17.9. The number of aromatic nitrogens is 5. The standard InChI is InChI=1S/C68H64F3N5/c1-64(2,3)44-27-32-54-48(37-44)49-38-45(65(4,5)6)28-33-55(49)75(54)58-31-26-43(63-73-61(41-20-15-13-16-21-41)72-62(74-63)42-22-17-14-18-23-42)36-52(58)60-53(68(69,70)71)24-19-25-59(60)76-56-34-29-46(66(7,8)9)39-50(56)51-40-47(67(10,11)12)30-35-57(51)76/h13-40H,1-12H3. The van der Waals surface area contributed by atoms with E-state index in [-0.39, 0.29) is 27.2 Å². The van der Waals surface area contributed by atoms with Gasteiger partial charge in [0.25, 0.3) is 0 Å². The Hall–Kier alpha value is -7.84. The van der Waals surface area contributed by atoms with E-state index in [0.29, 0.717) is 40.0 Å². The van der Waals surface area contributed by atoms with Crippen molar-refractivity contribution >= 4 is 43.6 Å². The van der Waals surface area contributed by atoms with Crippen molar-refractivity contribution in [1.29, 1.82) is 0 Å². The molecule has 0 N–H and O–H groups in total.